The van der Waals surface area contributed by atoms with Crippen LogP contribution in [0.25, 0.3) is 0 Å². The Balaban J connectivity index is 2.69. The lowest BCUT2D eigenvalue weighted by Gasteiger charge is -2.11. The van der Waals surface area contributed by atoms with Crippen molar-refractivity contribution in [1.82, 2.24) is 5.32 Å². The van der Waals surface area contributed by atoms with Gasteiger partial charge in [-0.25, -0.2) is 0 Å². The first-order chi connectivity index (χ1) is 7.54. The molecule has 0 fully saturated rings. The number of rotatable bonds is 5. The number of halogens is 1. The van der Waals surface area contributed by atoms with Gasteiger partial charge in [0.15, 0.2) is 0 Å². The van der Waals surface area contributed by atoms with Gasteiger partial charge in [-0.2, -0.15) is 0 Å². The molecule has 88 valence electrons. The minimum Gasteiger partial charge on any atom is -0.497 e. The van der Waals surface area contributed by atoms with Crippen LogP contribution in [0, 0.1) is 0 Å². The molecule has 0 saturated carbocycles. The zero-order chi connectivity index (χ0) is 12.1. The Labute approximate surface area is 103 Å². The van der Waals surface area contributed by atoms with E-state index in [2.05, 4.69) is 21.2 Å². The molecule has 1 aromatic carbocycles. The summed E-state index contributed by atoms with van der Waals surface area (Å²) in [5.41, 5.74) is 0.965. The van der Waals surface area contributed by atoms with E-state index in [0.29, 0.717) is 6.54 Å². The van der Waals surface area contributed by atoms with Gasteiger partial charge in [-0.05, 0) is 30.7 Å². The number of carboxylic acid groups (broad SMARTS) is 1. The number of carbonyl (C=O) groups is 1. The Morgan fingerprint density at radius 2 is 2.31 bits per heavy atom. The summed E-state index contributed by atoms with van der Waals surface area (Å²) in [6, 6.07) is 5.01. The molecule has 1 aromatic rings. The highest BCUT2D eigenvalue weighted by molar-refractivity contribution is 9.10. The molecule has 5 heteroatoms. The third-order valence-corrected chi connectivity index (χ3v) is 3.00. The first-order valence-electron chi connectivity index (χ1n) is 4.83. The van der Waals surface area contributed by atoms with E-state index in [9.17, 15) is 4.79 Å². The smallest absolute Gasteiger partial charge is 0.320 e. The molecule has 1 rings (SSSR count). The van der Waals surface area contributed by atoms with Crippen molar-refractivity contribution in [3.05, 3.63) is 28.2 Å². The lowest BCUT2D eigenvalue weighted by Crippen LogP contribution is -2.33. The maximum absolute atomic E-state index is 10.6. The average Bonchev–Trinajstić information content (AvgIpc) is 2.27. The number of carboxylic acids is 1. The molecule has 0 saturated heterocycles. The number of nitrogens with one attached hydrogen (secondary N) is 1. The summed E-state index contributed by atoms with van der Waals surface area (Å²) in [4.78, 5) is 10.6. The van der Waals surface area contributed by atoms with Crippen molar-refractivity contribution in [2.45, 2.75) is 19.5 Å². The fourth-order valence-corrected chi connectivity index (χ4v) is 1.55. The van der Waals surface area contributed by atoms with Gasteiger partial charge in [-0.15, -0.1) is 0 Å². The number of aliphatic carboxylic acids is 1. The molecule has 0 aliphatic heterocycles. The number of hydrogen-bond acceptors (Lipinski definition) is 3. The highest BCUT2D eigenvalue weighted by Gasteiger charge is 2.10. The largest absolute Gasteiger partial charge is 0.497 e. The van der Waals surface area contributed by atoms with Crippen LogP contribution >= 0.6 is 15.9 Å². The van der Waals surface area contributed by atoms with Crippen LogP contribution in [0.4, 0.5) is 0 Å². The molecule has 0 spiro atoms. The van der Waals surface area contributed by atoms with E-state index >= 15 is 0 Å². The normalized spacial score (nSPS) is 12.2. The predicted octanol–water partition coefficient (Wildman–Crippen LogP) is 2.02. The number of methoxy groups -OCH3 is 1. The molecule has 0 aliphatic rings. The van der Waals surface area contributed by atoms with E-state index in [-0.39, 0.29) is 0 Å². The van der Waals surface area contributed by atoms with Crippen LogP contribution in [0.2, 0.25) is 0 Å². The average molecular weight is 288 g/mol. The van der Waals surface area contributed by atoms with Gasteiger partial charge in [-0.3, -0.25) is 4.79 Å². The van der Waals surface area contributed by atoms with Gasteiger partial charge in [0.25, 0.3) is 0 Å². The first-order valence-corrected chi connectivity index (χ1v) is 5.62. The lowest BCUT2D eigenvalue weighted by atomic mass is 10.2. The first kappa shape index (κ1) is 13.0. The van der Waals surface area contributed by atoms with Gasteiger partial charge < -0.3 is 15.2 Å². The molecule has 0 bridgehead atoms. The van der Waals surface area contributed by atoms with Crippen molar-refractivity contribution in [2.24, 2.45) is 0 Å². The predicted molar refractivity (Wildman–Crippen MR) is 64.6 cm³/mol. The second-order valence-electron chi connectivity index (χ2n) is 3.40. The molecule has 16 heavy (non-hydrogen) atoms. The van der Waals surface area contributed by atoms with Crippen LogP contribution in [0.5, 0.6) is 5.75 Å². The number of hydrogen-bond donors (Lipinski definition) is 2. The summed E-state index contributed by atoms with van der Waals surface area (Å²) in [5.74, 6) is -0.109. The topological polar surface area (TPSA) is 58.6 Å². The molecular weight excluding hydrogens is 274 g/mol. The summed E-state index contributed by atoms with van der Waals surface area (Å²) in [7, 11) is 1.60. The van der Waals surface area contributed by atoms with E-state index in [0.717, 1.165) is 15.8 Å². The summed E-state index contributed by atoms with van der Waals surface area (Å²) in [6.07, 6.45) is 0. The Kier molecular flexibility index (Phi) is 4.76. The molecule has 0 amide bonds. The molecule has 2 N–H and O–H groups in total. The highest BCUT2D eigenvalue weighted by Crippen LogP contribution is 2.22. The van der Waals surface area contributed by atoms with Gasteiger partial charge in [0.1, 0.15) is 11.8 Å². The van der Waals surface area contributed by atoms with Gasteiger partial charge in [0, 0.05) is 11.0 Å². The maximum atomic E-state index is 10.6. The van der Waals surface area contributed by atoms with Crippen LogP contribution in [0.3, 0.4) is 0 Å². The summed E-state index contributed by atoms with van der Waals surface area (Å²) < 4.78 is 6.03. The van der Waals surface area contributed by atoms with Crippen molar-refractivity contribution in [3.63, 3.8) is 0 Å². The summed E-state index contributed by atoms with van der Waals surface area (Å²) in [6.45, 7) is 2.08. The minimum absolute atomic E-state index is 0.477. The standard InChI is InChI=1S/C11H14BrNO3/c1-7(11(14)15)13-6-8-5-9(16-2)3-4-10(8)12/h3-5,7,13H,6H2,1-2H3,(H,14,15). The number of benzene rings is 1. The molecule has 1 unspecified atom stereocenters. The SMILES string of the molecule is COc1ccc(Br)c(CNC(C)C(=O)O)c1. The third kappa shape index (κ3) is 3.50. The van der Waals surface area contributed by atoms with Gasteiger partial charge in [0.05, 0.1) is 7.11 Å². The van der Waals surface area contributed by atoms with E-state index in [1.165, 1.54) is 0 Å². The molecule has 0 heterocycles. The second kappa shape index (κ2) is 5.86. The minimum atomic E-state index is -0.862. The van der Waals surface area contributed by atoms with Crippen LogP contribution in [-0.2, 0) is 11.3 Å². The zero-order valence-electron chi connectivity index (χ0n) is 9.16. The number of ether oxygens (including phenoxy) is 1. The Bertz CT molecular complexity index is 381. The van der Waals surface area contributed by atoms with Crippen LogP contribution < -0.4 is 10.1 Å². The summed E-state index contributed by atoms with van der Waals surface area (Å²) >= 11 is 3.40. The van der Waals surface area contributed by atoms with E-state index in [4.69, 9.17) is 9.84 Å². The van der Waals surface area contributed by atoms with Crippen LogP contribution in [-0.4, -0.2) is 24.2 Å². The van der Waals surface area contributed by atoms with E-state index in [1.807, 2.05) is 18.2 Å². The van der Waals surface area contributed by atoms with Crippen LogP contribution in [0.1, 0.15) is 12.5 Å². The maximum Gasteiger partial charge on any atom is 0.320 e. The highest BCUT2D eigenvalue weighted by atomic mass is 79.9. The van der Waals surface area contributed by atoms with Gasteiger partial charge in [-0.1, -0.05) is 15.9 Å². The van der Waals surface area contributed by atoms with E-state index < -0.39 is 12.0 Å². The molecule has 0 radical (unpaired) electrons. The molecule has 0 aliphatic carbocycles. The molecular formula is C11H14BrNO3. The van der Waals surface area contributed by atoms with Gasteiger partial charge in [0.2, 0.25) is 0 Å². The Morgan fingerprint density at radius 1 is 1.62 bits per heavy atom. The second-order valence-corrected chi connectivity index (χ2v) is 4.25. The lowest BCUT2D eigenvalue weighted by molar-refractivity contribution is -0.139. The quantitative estimate of drug-likeness (QED) is 0.870. The Hall–Kier alpha value is -1.07. The Morgan fingerprint density at radius 3 is 2.88 bits per heavy atom. The molecule has 1 atom stereocenters. The van der Waals surface area contributed by atoms with E-state index in [1.54, 1.807) is 14.0 Å². The summed E-state index contributed by atoms with van der Waals surface area (Å²) in [5, 5.41) is 11.6. The van der Waals surface area contributed by atoms with Crippen molar-refractivity contribution < 1.29 is 14.6 Å². The fraction of sp³-hybridized carbons (Fsp3) is 0.364. The van der Waals surface area contributed by atoms with Crippen molar-refractivity contribution >= 4 is 21.9 Å². The zero-order valence-corrected chi connectivity index (χ0v) is 10.7. The van der Waals surface area contributed by atoms with Crippen molar-refractivity contribution in [2.75, 3.05) is 7.11 Å². The monoisotopic (exact) mass is 287 g/mol. The van der Waals surface area contributed by atoms with Crippen molar-refractivity contribution in [1.29, 1.82) is 0 Å². The van der Waals surface area contributed by atoms with Gasteiger partial charge >= 0.3 is 5.97 Å². The third-order valence-electron chi connectivity index (χ3n) is 2.22. The fourth-order valence-electron chi connectivity index (χ4n) is 1.16. The molecule has 4 nitrogen and oxygen atoms in total. The van der Waals surface area contributed by atoms with Crippen LogP contribution in [0.15, 0.2) is 22.7 Å². The van der Waals surface area contributed by atoms with Crippen molar-refractivity contribution in [3.8, 4) is 5.75 Å². The molecule has 0 aromatic heterocycles.